The van der Waals surface area contributed by atoms with Gasteiger partial charge < -0.3 is 9.47 Å². The first-order valence-corrected chi connectivity index (χ1v) is 9.55. The summed E-state index contributed by atoms with van der Waals surface area (Å²) < 4.78 is 52.6. The zero-order chi connectivity index (χ0) is 17.3. The van der Waals surface area contributed by atoms with Gasteiger partial charge in [-0.25, -0.2) is 8.96 Å². The maximum absolute atomic E-state index is 14.2. The SMILES string of the molecule is [B]C1OC(COCCCC)C(OP(=O)(OC)OCCCC)C1F. The first-order valence-electron chi connectivity index (χ1n) is 8.09. The topological polar surface area (TPSA) is 63.2 Å². The van der Waals surface area contributed by atoms with Crippen molar-refractivity contribution in [3.8, 4) is 0 Å². The minimum Gasteiger partial charge on any atom is -0.379 e. The fourth-order valence-electron chi connectivity index (χ4n) is 2.05. The van der Waals surface area contributed by atoms with E-state index in [2.05, 4.69) is 0 Å². The lowest BCUT2D eigenvalue weighted by atomic mass is 9.94. The molecule has 5 atom stereocenters. The molecule has 9 heteroatoms. The minimum atomic E-state index is -3.86. The van der Waals surface area contributed by atoms with E-state index in [1.54, 1.807) is 0 Å². The normalized spacial score (nSPS) is 30.4. The fourth-order valence-corrected chi connectivity index (χ4v) is 3.20. The van der Waals surface area contributed by atoms with Crippen molar-refractivity contribution in [2.24, 2.45) is 0 Å². The largest absolute Gasteiger partial charge is 0.474 e. The molecule has 0 N–H and O–H groups in total. The number of phosphoric ester groups is 1. The van der Waals surface area contributed by atoms with E-state index < -0.39 is 32.2 Å². The Morgan fingerprint density at radius 1 is 1.22 bits per heavy atom. The van der Waals surface area contributed by atoms with Gasteiger partial charge in [-0.1, -0.05) is 26.7 Å². The highest BCUT2D eigenvalue weighted by Gasteiger charge is 2.47. The second kappa shape index (κ2) is 10.8. The van der Waals surface area contributed by atoms with E-state index in [1.165, 1.54) is 7.11 Å². The molecule has 0 saturated carbocycles. The van der Waals surface area contributed by atoms with Gasteiger partial charge >= 0.3 is 7.82 Å². The van der Waals surface area contributed by atoms with E-state index in [9.17, 15) is 8.96 Å². The van der Waals surface area contributed by atoms with Crippen molar-refractivity contribution < 1.29 is 32.0 Å². The standard InChI is InChI=1S/C14H27BFO6P/c1-4-6-8-19-10-11-13(12(16)14(15)21-11)22-23(17,18-3)20-9-7-5-2/h11-14H,4-10H2,1-3H3. The molecule has 5 unspecified atom stereocenters. The maximum Gasteiger partial charge on any atom is 0.474 e. The molecular weight excluding hydrogens is 325 g/mol. The molecule has 0 amide bonds. The van der Waals surface area contributed by atoms with Crippen LogP contribution in [0.15, 0.2) is 0 Å². The molecule has 23 heavy (non-hydrogen) atoms. The Morgan fingerprint density at radius 2 is 1.87 bits per heavy atom. The Balaban J connectivity index is 2.61. The minimum absolute atomic E-state index is 0.109. The number of hydrogen-bond donors (Lipinski definition) is 0. The van der Waals surface area contributed by atoms with Crippen molar-refractivity contribution in [3.05, 3.63) is 0 Å². The van der Waals surface area contributed by atoms with Crippen LogP contribution in [0.25, 0.3) is 0 Å². The lowest BCUT2D eigenvalue weighted by molar-refractivity contribution is -0.0348. The average Bonchev–Trinajstić information content (AvgIpc) is 2.79. The Bertz CT molecular complexity index is 375. The van der Waals surface area contributed by atoms with E-state index in [1.807, 2.05) is 13.8 Å². The summed E-state index contributed by atoms with van der Waals surface area (Å²) >= 11 is 0. The number of rotatable bonds is 12. The van der Waals surface area contributed by atoms with Gasteiger partial charge in [0.05, 0.1) is 19.2 Å². The average molecular weight is 352 g/mol. The van der Waals surface area contributed by atoms with Crippen LogP contribution in [-0.4, -0.2) is 59.2 Å². The van der Waals surface area contributed by atoms with E-state index in [0.29, 0.717) is 13.0 Å². The highest BCUT2D eigenvalue weighted by molar-refractivity contribution is 7.48. The first kappa shape index (κ1) is 21.1. The maximum atomic E-state index is 14.2. The molecule has 1 aliphatic heterocycles. The smallest absolute Gasteiger partial charge is 0.379 e. The van der Waals surface area contributed by atoms with Crippen LogP contribution in [0.5, 0.6) is 0 Å². The second-order valence-corrected chi connectivity index (χ2v) is 7.13. The predicted octanol–water partition coefficient (Wildman–Crippen LogP) is 2.99. The monoisotopic (exact) mass is 352 g/mol. The molecule has 2 radical (unpaired) electrons. The molecule has 0 aromatic rings. The summed E-state index contributed by atoms with van der Waals surface area (Å²) in [6.45, 7) is 4.85. The van der Waals surface area contributed by atoms with Gasteiger partial charge in [0.1, 0.15) is 26.2 Å². The molecule has 6 nitrogen and oxygen atoms in total. The number of ether oxygens (including phenoxy) is 2. The Labute approximate surface area is 139 Å². The Morgan fingerprint density at radius 3 is 2.48 bits per heavy atom. The number of hydrogen-bond acceptors (Lipinski definition) is 6. The van der Waals surface area contributed by atoms with Crippen molar-refractivity contribution >= 4 is 15.7 Å². The van der Waals surface area contributed by atoms with Gasteiger partial charge in [-0.3, -0.25) is 13.6 Å². The lowest BCUT2D eigenvalue weighted by Gasteiger charge is -2.24. The zero-order valence-corrected chi connectivity index (χ0v) is 15.0. The highest BCUT2D eigenvalue weighted by Crippen LogP contribution is 2.52. The third-order valence-electron chi connectivity index (χ3n) is 3.47. The molecule has 0 aromatic carbocycles. The summed E-state index contributed by atoms with van der Waals surface area (Å²) in [7, 11) is 2.91. The lowest BCUT2D eigenvalue weighted by Crippen LogP contribution is -2.34. The fraction of sp³-hybridized carbons (Fsp3) is 1.00. The summed E-state index contributed by atoms with van der Waals surface area (Å²) in [5.74, 6) is 0. The van der Waals surface area contributed by atoms with Gasteiger partial charge in [0.15, 0.2) is 0 Å². The van der Waals surface area contributed by atoms with Crippen molar-refractivity contribution in [1.82, 2.24) is 0 Å². The summed E-state index contributed by atoms with van der Waals surface area (Å²) in [5, 5.41) is 0. The molecule has 1 saturated heterocycles. The molecule has 1 heterocycles. The van der Waals surface area contributed by atoms with E-state index in [0.717, 1.165) is 19.3 Å². The second-order valence-electron chi connectivity index (χ2n) is 5.40. The van der Waals surface area contributed by atoms with E-state index in [4.69, 9.17) is 30.9 Å². The number of alkyl halides is 1. The van der Waals surface area contributed by atoms with Crippen LogP contribution in [0.4, 0.5) is 4.39 Å². The van der Waals surface area contributed by atoms with E-state index >= 15 is 0 Å². The molecule has 0 aliphatic carbocycles. The van der Waals surface area contributed by atoms with Gasteiger partial charge in [0.2, 0.25) is 0 Å². The summed E-state index contributed by atoms with van der Waals surface area (Å²) in [5.41, 5.74) is 0. The van der Waals surface area contributed by atoms with Crippen LogP contribution < -0.4 is 0 Å². The van der Waals surface area contributed by atoms with Crippen LogP contribution >= 0.6 is 7.82 Å². The van der Waals surface area contributed by atoms with Gasteiger partial charge in [0.25, 0.3) is 0 Å². The summed E-state index contributed by atoms with van der Waals surface area (Å²) in [6.07, 6.45) is -0.107. The van der Waals surface area contributed by atoms with Gasteiger partial charge in [-0.2, -0.15) is 0 Å². The van der Waals surface area contributed by atoms with Crippen LogP contribution in [0.1, 0.15) is 39.5 Å². The van der Waals surface area contributed by atoms with Crippen LogP contribution in [0.3, 0.4) is 0 Å². The third-order valence-corrected chi connectivity index (χ3v) is 4.92. The third kappa shape index (κ3) is 6.81. The predicted molar refractivity (Wildman–Crippen MR) is 85.4 cm³/mol. The van der Waals surface area contributed by atoms with Crippen LogP contribution in [0.2, 0.25) is 0 Å². The van der Waals surface area contributed by atoms with E-state index in [-0.39, 0.29) is 13.2 Å². The molecule has 134 valence electrons. The number of halogens is 1. The molecule has 1 aliphatic rings. The van der Waals surface area contributed by atoms with Gasteiger partial charge in [-0.05, 0) is 12.8 Å². The molecule has 0 bridgehead atoms. The van der Waals surface area contributed by atoms with Crippen molar-refractivity contribution in [3.63, 3.8) is 0 Å². The molecule has 1 rings (SSSR count). The van der Waals surface area contributed by atoms with Crippen molar-refractivity contribution in [1.29, 1.82) is 0 Å². The summed E-state index contributed by atoms with van der Waals surface area (Å²) in [6, 6.07) is -1.15. The quantitative estimate of drug-likeness (QED) is 0.306. The number of phosphoric acid groups is 1. The van der Waals surface area contributed by atoms with Gasteiger partial charge in [-0.15, -0.1) is 0 Å². The van der Waals surface area contributed by atoms with Crippen molar-refractivity contribution in [2.45, 2.75) is 63.9 Å². The highest BCUT2D eigenvalue weighted by atomic mass is 31.2. The number of unbranched alkanes of at least 4 members (excludes halogenated alkanes) is 2. The zero-order valence-electron chi connectivity index (χ0n) is 14.1. The Kier molecular flexibility index (Phi) is 9.89. The Hall–Kier alpha value is 0.0249. The van der Waals surface area contributed by atoms with Crippen LogP contribution in [0, 0.1) is 0 Å². The molecule has 0 aromatic heterocycles. The summed E-state index contributed by atoms with van der Waals surface area (Å²) in [4.78, 5) is 0. The first-order chi connectivity index (χ1) is 11.0. The van der Waals surface area contributed by atoms with Crippen molar-refractivity contribution in [2.75, 3.05) is 26.9 Å². The van der Waals surface area contributed by atoms with Gasteiger partial charge in [0, 0.05) is 13.7 Å². The molecular formula is C14H27BFO6P. The molecule has 0 spiro atoms. The van der Waals surface area contributed by atoms with Crippen LogP contribution in [-0.2, 0) is 27.6 Å². The molecule has 1 fully saturated rings.